The van der Waals surface area contributed by atoms with Crippen molar-refractivity contribution in [3.05, 3.63) is 88.5 Å². The molecule has 0 unspecified atom stereocenters. The third kappa shape index (κ3) is 15.2. The van der Waals surface area contributed by atoms with Crippen LogP contribution in [0.25, 0.3) is 11.1 Å². The van der Waals surface area contributed by atoms with Gasteiger partial charge in [0.2, 0.25) is 0 Å². The highest BCUT2D eigenvalue weighted by Gasteiger charge is 2.23. The largest absolute Gasteiger partial charge is 0.494 e. The van der Waals surface area contributed by atoms with E-state index in [0.29, 0.717) is 25.4 Å². The minimum Gasteiger partial charge on any atom is -0.494 e. The van der Waals surface area contributed by atoms with Gasteiger partial charge in [0.05, 0.1) is 36.0 Å². The van der Waals surface area contributed by atoms with E-state index in [0.717, 1.165) is 80.7 Å². The van der Waals surface area contributed by atoms with Gasteiger partial charge < -0.3 is 24.7 Å². The van der Waals surface area contributed by atoms with Crippen LogP contribution in [0.5, 0.6) is 17.2 Å². The van der Waals surface area contributed by atoms with E-state index in [1.807, 2.05) is 36.4 Å². The first-order chi connectivity index (χ1) is 25.2. The van der Waals surface area contributed by atoms with Crippen molar-refractivity contribution in [3.63, 3.8) is 0 Å². The second kappa shape index (κ2) is 23.6. The molecule has 3 aromatic rings. The maximum absolute atomic E-state index is 13.0. The molecule has 0 fully saturated rings. The van der Waals surface area contributed by atoms with Gasteiger partial charge in [0.1, 0.15) is 11.5 Å². The highest BCUT2D eigenvalue weighted by Crippen LogP contribution is 2.33. The summed E-state index contributed by atoms with van der Waals surface area (Å²) in [6.07, 6.45) is 16.5. The van der Waals surface area contributed by atoms with Crippen LogP contribution >= 0.6 is 0 Å². The lowest BCUT2D eigenvalue weighted by Crippen LogP contribution is -2.12. The Labute approximate surface area is 308 Å². The Morgan fingerprint density at radius 3 is 1.69 bits per heavy atom. The second-order valence-electron chi connectivity index (χ2n) is 13.2. The third-order valence-electron chi connectivity index (χ3n) is 8.69. The molecule has 52 heavy (non-hydrogen) atoms. The third-order valence-corrected chi connectivity index (χ3v) is 8.69. The van der Waals surface area contributed by atoms with E-state index in [-0.39, 0.29) is 34.4 Å². The average molecular weight is 717 g/mol. The van der Waals surface area contributed by atoms with Gasteiger partial charge in [-0.25, -0.2) is 9.59 Å². The SMILES string of the molecule is C=C(C)C(=O)OCCCCCCCCCCCOc1ccc(-c2ccc(OC(=O)c3cc([N+](=O)[O-])c(OCCCCCCCC)cc3N)cc2)cc1. The molecule has 0 spiro atoms. The number of nitro benzene ring substituents is 1. The Hall–Kier alpha value is -4.86. The number of rotatable bonds is 26. The number of anilines is 1. The molecule has 3 aromatic carbocycles. The van der Waals surface area contributed by atoms with Gasteiger partial charge in [-0.15, -0.1) is 0 Å². The molecule has 0 saturated carbocycles. The van der Waals surface area contributed by atoms with Crippen LogP contribution in [0.15, 0.2) is 72.8 Å². The predicted octanol–water partition coefficient (Wildman–Crippen LogP) is 10.8. The van der Waals surface area contributed by atoms with Gasteiger partial charge >= 0.3 is 17.6 Å². The molecule has 2 N–H and O–H groups in total. The number of hydrogen-bond donors (Lipinski definition) is 1. The number of ether oxygens (including phenoxy) is 4. The normalized spacial score (nSPS) is 10.8. The smallest absolute Gasteiger partial charge is 0.345 e. The molecule has 0 heterocycles. The zero-order chi connectivity index (χ0) is 37.6. The van der Waals surface area contributed by atoms with E-state index < -0.39 is 10.9 Å². The molecule has 0 amide bonds. The Kier molecular flexibility index (Phi) is 18.8. The molecule has 282 valence electrons. The van der Waals surface area contributed by atoms with Gasteiger partial charge in [-0.3, -0.25) is 10.1 Å². The quantitative estimate of drug-likeness (QED) is 0.0163. The van der Waals surface area contributed by atoms with E-state index in [2.05, 4.69) is 13.5 Å². The minimum atomic E-state index is -0.787. The average Bonchev–Trinajstić information content (AvgIpc) is 3.13. The maximum Gasteiger partial charge on any atom is 0.345 e. The van der Waals surface area contributed by atoms with Crippen molar-refractivity contribution >= 4 is 23.3 Å². The van der Waals surface area contributed by atoms with Crippen LogP contribution in [-0.2, 0) is 9.53 Å². The number of nitro groups is 1. The summed E-state index contributed by atoms with van der Waals surface area (Å²) in [5, 5.41) is 11.8. The van der Waals surface area contributed by atoms with Crippen LogP contribution in [-0.4, -0.2) is 36.7 Å². The molecule has 0 atom stereocenters. The summed E-state index contributed by atoms with van der Waals surface area (Å²) in [7, 11) is 0. The predicted molar refractivity (Wildman–Crippen MR) is 206 cm³/mol. The molecule has 0 aromatic heterocycles. The van der Waals surface area contributed by atoms with Gasteiger partial charge in [0, 0.05) is 17.7 Å². The van der Waals surface area contributed by atoms with Crippen LogP contribution in [0.3, 0.4) is 0 Å². The molecule has 0 aliphatic rings. The Morgan fingerprint density at radius 2 is 1.17 bits per heavy atom. The molecular formula is C42H56N2O8. The topological polar surface area (TPSA) is 140 Å². The standard InChI is InChI=1S/C42H56N2O8/c1-4-5-6-7-13-17-28-50-40-31-38(43)37(30-39(40)44(47)48)42(46)52-36-25-21-34(22-26-36)33-19-23-35(24-20-33)49-27-16-14-11-9-8-10-12-15-18-29-51-41(45)32(2)3/h19-26,30-31H,2,4-18,27-29,43H2,1,3H3. The molecule has 10 heteroatoms. The van der Waals surface area contributed by atoms with E-state index in [9.17, 15) is 19.7 Å². The molecular weight excluding hydrogens is 660 g/mol. The van der Waals surface area contributed by atoms with Gasteiger partial charge in [0.25, 0.3) is 0 Å². The highest BCUT2D eigenvalue weighted by atomic mass is 16.6. The summed E-state index contributed by atoms with van der Waals surface area (Å²) in [5.41, 5.74) is 8.10. The summed E-state index contributed by atoms with van der Waals surface area (Å²) < 4.78 is 22.2. The first-order valence-corrected chi connectivity index (χ1v) is 18.8. The fraction of sp³-hybridized carbons (Fsp3) is 0.476. The van der Waals surface area contributed by atoms with Crippen molar-refractivity contribution in [2.75, 3.05) is 25.6 Å². The van der Waals surface area contributed by atoms with E-state index in [4.69, 9.17) is 24.7 Å². The molecule has 0 radical (unpaired) electrons. The van der Waals surface area contributed by atoms with Crippen molar-refractivity contribution in [1.29, 1.82) is 0 Å². The van der Waals surface area contributed by atoms with E-state index >= 15 is 0 Å². The Morgan fingerprint density at radius 1 is 0.692 bits per heavy atom. The minimum absolute atomic E-state index is 0.0427. The molecule has 10 nitrogen and oxygen atoms in total. The van der Waals surface area contributed by atoms with Crippen LogP contribution < -0.4 is 19.9 Å². The number of benzene rings is 3. The molecule has 3 rings (SSSR count). The number of esters is 2. The van der Waals surface area contributed by atoms with Crippen molar-refractivity contribution in [2.45, 2.75) is 110 Å². The van der Waals surface area contributed by atoms with Gasteiger partial charge in [0.15, 0.2) is 5.75 Å². The number of carbonyl (C=O) groups is 2. The fourth-order valence-corrected chi connectivity index (χ4v) is 5.62. The van der Waals surface area contributed by atoms with Crippen LogP contribution in [0.1, 0.15) is 121 Å². The van der Waals surface area contributed by atoms with E-state index in [1.54, 1.807) is 19.1 Å². The Bertz CT molecular complexity index is 1550. The van der Waals surface area contributed by atoms with Crippen molar-refractivity contribution in [2.24, 2.45) is 0 Å². The maximum atomic E-state index is 13.0. The first kappa shape index (κ1) is 41.6. The zero-order valence-corrected chi connectivity index (χ0v) is 31.0. The lowest BCUT2D eigenvalue weighted by atomic mass is 10.1. The van der Waals surface area contributed by atoms with Gasteiger partial charge in [-0.2, -0.15) is 0 Å². The van der Waals surface area contributed by atoms with Crippen LogP contribution in [0, 0.1) is 10.1 Å². The molecule has 0 aliphatic heterocycles. The van der Waals surface area contributed by atoms with Crippen LogP contribution in [0.4, 0.5) is 11.4 Å². The number of nitrogens with zero attached hydrogens (tertiary/aromatic N) is 1. The number of nitrogens with two attached hydrogens (primary N) is 1. The molecule has 0 bridgehead atoms. The van der Waals surface area contributed by atoms with Crippen molar-refractivity contribution < 1.29 is 33.5 Å². The summed E-state index contributed by atoms with van der Waals surface area (Å²) in [6, 6.07) is 17.3. The lowest BCUT2D eigenvalue weighted by molar-refractivity contribution is -0.385. The number of nitrogen functional groups attached to an aromatic ring is 1. The van der Waals surface area contributed by atoms with Gasteiger partial charge in [-0.05, 0) is 61.6 Å². The number of unbranched alkanes of at least 4 members (excludes halogenated alkanes) is 13. The monoisotopic (exact) mass is 716 g/mol. The summed E-state index contributed by atoms with van der Waals surface area (Å²) in [4.78, 5) is 35.5. The van der Waals surface area contributed by atoms with Gasteiger partial charge in [-0.1, -0.05) is 115 Å². The lowest BCUT2D eigenvalue weighted by Gasteiger charge is -2.11. The fourth-order valence-electron chi connectivity index (χ4n) is 5.62. The van der Waals surface area contributed by atoms with E-state index in [1.165, 1.54) is 44.6 Å². The van der Waals surface area contributed by atoms with Crippen molar-refractivity contribution in [1.82, 2.24) is 0 Å². The zero-order valence-electron chi connectivity index (χ0n) is 31.0. The Balaban J connectivity index is 1.36. The second-order valence-corrected chi connectivity index (χ2v) is 13.2. The highest BCUT2D eigenvalue weighted by molar-refractivity contribution is 5.98. The molecule has 0 saturated heterocycles. The first-order valence-electron chi connectivity index (χ1n) is 18.8. The van der Waals surface area contributed by atoms with Crippen molar-refractivity contribution in [3.8, 4) is 28.4 Å². The summed E-state index contributed by atoms with van der Waals surface area (Å²) in [6.45, 7) is 8.88. The summed E-state index contributed by atoms with van der Waals surface area (Å²) >= 11 is 0. The molecule has 0 aliphatic carbocycles. The summed E-state index contributed by atoms with van der Waals surface area (Å²) in [5.74, 6) is 0.0542. The number of hydrogen-bond acceptors (Lipinski definition) is 9. The number of carbonyl (C=O) groups excluding carboxylic acids is 2. The van der Waals surface area contributed by atoms with Crippen LogP contribution in [0.2, 0.25) is 0 Å².